The lowest BCUT2D eigenvalue weighted by atomic mass is 9.68. The fraction of sp³-hybridized carbons (Fsp3) is 0.800. The molecule has 1 saturated heterocycles. The highest BCUT2D eigenvalue weighted by Crippen LogP contribution is 2.39. The van der Waals surface area contributed by atoms with E-state index < -0.39 is 24.1 Å². The quantitative estimate of drug-likeness (QED) is 0.555. The van der Waals surface area contributed by atoms with Crippen LogP contribution in [-0.2, 0) is 14.4 Å². The number of Topliss-reactive ketones (excluding diaryl/α,β-unsaturated/α-hetero) is 1. The number of hydrogen-bond donors (Lipinski definition) is 4. The molecule has 6 nitrogen and oxygen atoms in total. The Morgan fingerprint density at radius 3 is 2.59 bits per heavy atom. The van der Waals surface area contributed by atoms with Gasteiger partial charge >= 0.3 is 5.97 Å². The van der Waals surface area contributed by atoms with Gasteiger partial charge in [0, 0.05) is 12.7 Å². The molecule has 0 bridgehead atoms. The maximum Gasteiger partial charge on any atom is 0.320 e. The topological polar surface area (TPSA) is 95.5 Å². The fourth-order valence-electron chi connectivity index (χ4n) is 3.81. The van der Waals surface area contributed by atoms with Crippen molar-refractivity contribution in [3.8, 4) is 0 Å². The average Bonchev–Trinajstić information content (AvgIpc) is 2.50. The maximum atomic E-state index is 12.8. The number of carboxylic acid groups (broad SMARTS) is 1. The van der Waals surface area contributed by atoms with Gasteiger partial charge in [-0.3, -0.25) is 19.7 Å². The van der Waals surface area contributed by atoms with Crippen LogP contribution < -0.4 is 10.6 Å². The lowest BCUT2D eigenvalue weighted by Crippen LogP contribution is -2.62. The molecular weight excluding hydrogens is 304 g/mol. The zero-order valence-electron chi connectivity index (χ0n) is 12.7. The molecule has 2 rings (SSSR count). The van der Waals surface area contributed by atoms with Gasteiger partial charge in [0.15, 0.2) is 5.78 Å². The predicted octanol–water partition coefficient (Wildman–Crippen LogP) is 0.611. The van der Waals surface area contributed by atoms with Gasteiger partial charge in [-0.15, -0.1) is 0 Å². The molecule has 0 radical (unpaired) electrons. The van der Waals surface area contributed by atoms with E-state index in [2.05, 4.69) is 23.3 Å². The van der Waals surface area contributed by atoms with E-state index in [1.165, 1.54) is 6.92 Å². The molecule has 1 heterocycles. The van der Waals surface area contributed by atoms with Gasteiger partial charge in [0.1, 0.15) is 6.04 Å². The van der Waals surface area contributed by atoms with Gasteiger partial charge < -0.3 is 10.4 Å². The smallest absolute Gasteiger partial charge is 0.320 e. The highest BCUT2D eigenvalue weighted by Gasteiger charge is 2.45. The largest absolute Gasteiger partial charge is 0.480 e. The molecule has 0 spiro atoms. The number of carboxylic acids is 1. The lowest BCUT2D eigenvalue weighted by molar-refractivity contribution is -0.143. The third-order valence-electron chi connectivity index (χ3n) is 4.82. The van der Waals surface area contributed by atoms with Crippen LogP contribution in [-0.4, -0.2) is 46.6 Å². The maximum absolute atomic E-state index is 12.8. The van der Waals surface area contributed by atoms with Gasteiger partial charge in [-0.2, -0.15) is 12.6 Å². The second kappa shape index (κ2) is 7.46. The van der Waals surface area contributed by atoms with Crippen LogP contribution in [0.1, 0.15) is 39.0 Å². The zero-order chi connectivity index (χ0) is 16.3. The first-order chi connectivity index (χ1) is 10.4. The Kier molecular flexibility index (Phi) is 5.86. The minimum absolute atomic E-state index is 0.145. The molecule has 0 aromatic rings. The van der Waals surface area contributed by atoms with E-state index in [4.69, 9.17) is 0 Å². The van der Waals surface area contributed by atoms with E-state index in [9.17, 15) is 19.5 Å². The van der Waals surface area contributed by atoms with Crippen molar-refractivity contribution in [3.05, 3.63) is 0 Å². The molecule has 1 amide bonds. The molecule has 1 saturated carbocycles. The number of hydrogen-bond acceptors (Lipinski definition) is 5. The number of carbonyl (C=O) groups is 3. The number of piperidine rings is 1. The highest BCUT2D eigenvalue weighted by molar-refractivity contribution is 7.80. The van der Waals surface area contributed by atoms with Gasteiger partial charge in [0.25, 0.3) is 0 Å². The van der Waals surface area contributed by atoms with Gasteiger partial charge in [0.2, 0.25) is 5.91 Å². The lowest BCUT2D eigenvalue weighted by Gasteiger charge is -2.44. The number of fused-ring (bicyclic) bond motifs is 1. The Hall–Kier alpha value is -1.08. The van der Waals surface area contributed by atoms with E-state index in [1.54, 1.807) is 0 Å². The molecule has 2 fully saturated rings. The summed E-state index contributed by atoms with van der Waals surface area (Å²) in [4.78, 5) is 35.4. The molecule has 7 heteroatoms. The first kappa shape index (κ1) is 17.3. The van der Waals surface area contributed by atoms with Crippen molar-refractivity contribution in [3.63, 3.8) is 0 Å². The number of nitrogens with one attached hydrogen (secondary N) is 2. The summed E-state index contributed by atoms with van der Waals surface area (Å²) in [6.45, 7) is 1.36. The van der Waals surface area contributed by atoms with Crippen LogP contribution >= 0.6 is 12.6 Å². The Balaban J connectivity index is 2.18. The highest BCUT2D eigenvalue weighted by atomic mass is 32.1. The van der Waals surface area contributed by atoms with E-state index in [0.29, 0.717) is 6.42 Å². The first-order valence-corrected chi connectivity index (χ1v) is 8.47. The first-order valence-electron chi connectivity index (χ1n) is 7.84. The minimum Gasteiger partial charge on any atom is -0.480 e. The molecular formula is C15H24N2O4S. The van der Waals surface area contributed by atoms with E-state index in [1.807, 2.05) is 0 Å². The molecule has 3 N–H and O–H groups in total. The van der Waals surface area contributed by atoms with Crippen LogP contribution in [0.25, 0.3) is 0 Å². The van der Waals surface area contributed by atoms with Crippen molar-refractivity contribution in [1.29, 1.82) is 0 Å². The number of carbonyl (C=O) groups excluding carboxylic acids is 2. The van der Waals surface area contributed by atoms with Gasteiger partial charge in [-0.1, -0.05) is 19.3 Å². The number of ketones is 1. The predicted molar refractivity (Wildman–Crippen MR) is 84.9 cm³/mol. The summed E-state index contributed by atoms with van der Waals surface area (Å²) in [5.41, 5.74) is 0. The Bertz CT molecular complexity index is 457. The SMILES string of the molecule is CC(=O)N[C@H](CS)C(=O)C1NC(C(=O)O)CC2CCCCC21. The Labute approximate surface area is 135 Å². The fourth-order valence-corrected chi connectivity index (χ4v) is 4.08. The van der Waals surface area contributed by atoms with Crippen molar-refractivity contribution < 1.29 is 19.5 Å². The van der Waals surface area contributed by atoms with Gasteiger partial charge in [-0.25, -0.2) is 0 Å². The van der Waals surface area contributed by atoms with Crippen LogP contribution in [0.5, 0.6) is 0 Å². The number of thiol groups is 1. The Morgan fingerprint density at radius 1 is 1.32 bits per heavy atom. The number of rotatable bonds is 5. The average molecular weight is 328 g/mol. The second-order valence-corrected chi connectivity index (χ2v) is 6.68. The van der Waals surface area contributed by atoms with Crippen LogP contribution in [0, 0.1) is 11.8 Å². The summed E-state index contributed by atoms with van der Waals surface area (Å²) < 4.78 is 0. The van der Waals surface area contributed by atoms with E-state index >= 15 is 0 Å². The molecule has 5 atom stereocenters. The van der Waals surface area contributed by atoms with Gasteiger partial charge in [0.05, 0.1) is 12.1 Å². The summed E-state index contributed by atoms with van der Waals surface area (Å²) in [5, 5.41) is 14.9. The van der Waals surface area contributed by atoms with E-state index in [0.717, 1.165) is 25.7 Å². The van der Waals surface area contributed by atoms with Crippen molar-refractivity contribution in [1.82, 2.24) is 10.6 Å². The normalized spacial score (nSPS) is 32.6. The van der Waals surface area contributed by atoms with Crippen molar-refractivity contribution in [2.24, 2.45) is 11.8 Å². The molecule has 0 aromatic heterocycles. The number of aliphatic carboxylic acids is 1. The molecule has 1 aliphatic carbocycles. The summed E-state index contributed by atoms with van der Waals surface area (Å²) in [7, 11) is 0. The third-order valence-corrected chi connectivity index (χ3v) is 5.19. The van der Waals surface area contributed by atoms with Crippen LogP contribution in [0.3, 0.4) is 0 Å². The molecule has 0 aromatic carbocycles. The van der Waals surface area contributed by atoms with Gasteiger partial charge in [-0.05, 0) is 24.7 Å². The zero-order valence-corrected chi connectivity index (χ0v) is 13.6. The molecule has 124 valence electrons. The summed E-state index contributed by atoms with van der Waals surface area (Å²) in [6.07, 6.45) is 4.65. The molecule has 22 heavy (non-hydrogen) atoms. The minimum atomic E-state index is -0.913. The summed E-state index contributed by atoms with van der Waals surface area (Å²) in [5.74, 6) is -0.697. The second-order valence-electron chi connectivity index (χ2n) is 6.32. The van der Waals surface area contributed by atoms with Crippen molar-refractivity contribution in [2.45, 2.75) is 57.2 Å². The molecule has 4 unspecified atom stereocenters. The monoisotopic (exact) mass is 328 g/mol. The van der Waals surface area contributed by atoms with E-state index in [-0.39, 0.29) is 29.3 Å². The summed E-state index contributed by atoms with van der Waals surface area (Å²) in [6, 6.07) is -1.87. The number of amides is 1. The molecule has 2 aliphatic rings. The van der Waals surface area contributed by atoms with Crippen molar-refractivity contribution >= 4 is 30.3 Å². The van der Waals surface area contributed by atoms with Crippen LogP contribution in [0.4, 0.5) is 0 Å². The third kappa shape index (κ3) is 3.81. The van der Waals surface area contributed by atoms with Crippen molar-refractivity contribution in [2.75, 3.05) is 5.75 Å². The van der Waals surface area contributed by atoms with Crippen LogP contribution in [0.2, 0.25) is 0 Å². The molecule has 1 aliphatic heterocycles. The summed E-state index contributed by atoms with van der Waals surface area (Å²) >= 11 is 4.15. The Morgan fingerprint density at radius 2 is 2.00 bits per heavy atom. The standard InChI is InChI=1S/C15H24N2O4S/c1-8(18)16-12(7-22)14(19)13-10-5-3-2-4-9(10)6-11(17-13)15(20)21/h9-13,17,22H,2-7H2,1H3,(H,16,18)(H,20,21)/t9?,10?,11?,12-,13?/m1/s1. The van der Waals surface area contributed by atoms with Crippen LogP contribution in [0.15, 0.2) is 0 Å².